The Morgan fingerprint density at radius 3 is 2.47 bits per heavy atom. The normalized spacial score (nSPS) is 26.1. The summed E-state index contributed by atoms with van der Waals surface area (Å²) in [7, 11) is 0. The van der Waals surface area contributed by atoms with Gasteiger partial charge in [-0.05, 0) is 38.5 Å². The highest BCUT2D eigenvalue weighted by Gasteiger charge is 2.22. The van der Waals surface area contributed by atoms with Crippen LogP contribution in [0.2, 0.25) is 0 Å². The molecule has 0 saturated heterocycles. The van der Waals surface area contributed by atoms with Crippen LogP contribution < -0.4 is 0 Å². The van der Waals surface area contributed by atoms with Gasteiger partial charge >= 0.3 is 5.97 Å². The van der Waals surface area contributed by atoms with Crippen LogP contribution in [0.3, 0.4) is 0 Å². The Labute approximate surface area is 92.4 Å². The van der Waals surface area contributed by atoms with Gasteiger partial charge in [0.05, 0.1) is 0 Å². The molecule has 0 amide bonds. The monoisotopic (exact) mass is 210 g/mol. The summed E-state index contributed by atoms with van der Waals surface area (Å²) in [5, 5.41) is 9.08. The lowest BCUT2D eigenvalue weighted by Gasteiger charge is -2.27. The summed E-state index contributed by atoms with van der Waals surface area (Å²) in [4.78, 5) is 11.0. The van der Waals surface area contributed by atoms with Gasteiger partial charge in [-0.1, -0.05) is 31.8 Å². The van der Waals surface area contributed by atoms with E-state index in [4.69, 9.17) is 5.11 Å². The van der Waals surface area contributed by atoms with Gasteiger partial charge in [-0.25, -0.2) is 4.79 Å². The SMILES string of the molecule is CC(C)=C(CC1CCCC(C)C1)C(=O)O. The fraction of sp³-hybridized carbons (Fsp3) is 0.769. The second-order valence-corrected chi connectivity index (χ2v) is 5.13. The van der Waals surface area contributed by atoms with Crippen LogP contribution in [0.5, 0.6) is 0 Å². The molecule has 0 aliphatic heterocycles. The lowest BCUT2D eigenvalue weighted by Crippen LogP contribution is -2.16. The van der Waals surface area contributed by atoms with Crippen LogP contribution in [0.25, 0.3) is 0 Å². The van der Waals surface area contributed by atoms with Gasteiger partial charge in [0.15, 0.2) is 0 Å². The molecule has 1 N–H and O–H groups in total. The maximum Gasteiger partial charge on any atom is 0.331 e. The molecule has 2 heteroatoms. The highest BCUT2D eigenvalue weighted by Crippen LogP contribution is 2.33. The molecule has 1 aliphatic rings. The van der Waals surface area contributed by atoms with Crippen molar-refractivity contribution in [2.75, 3.05) is 0 Å². The fourth-order valence-corrected chi connectivity index (χ4v) is 2.54. The summed E-state index contributed by atoms with van der Waals surface area (Å²) < 4.78 is 0. The maximum absolute atomic E-state index is 11.0. The molecular weight excluding hydrogens is 188 g/mol. The zero-order valence-electron chi connectivity index (χ0n) is 10.0. The summed E-state index contributed by atoms with van der Waals surface area (Å²) in [5.74, 6) is 0.638. The molecule has 0 bridgehead atoms. The smallest absolute Gasteiger partial charge is 0.331 e. The topological polar surface area (TPSA) is 37.3 Å². The minimum Gasteiger partial charge on any atom is -0.478 e. The standard InChI is InChI=1S/C13H22O2/c1-9(2)12(13(14)15)8-11-6-4-5-10(3)7-11/h10-11H,4-8H2,1-3H3,(H,14,15). The van der Waals surface area contributed by atoms with Gasteiger partial charge in [0.1, 0.15) is 0 Å². The zero-order valence-corrected chi connectivity index (χ0v) is 10.0. The third-order valence-corrected chi connectivity index (χ3v) is 3.40. The van der Waals surface area contributed by atoms with Crippen LogP contribution in [0, 0.1) is 11.8 Å². The van der Waals surface area contributed by atoms with E-state index >= 15 is 0 Å². The van der Waals surface area contributed by atoms with Crippen LogP contribution in [-0.4, -0.2) is 11.1 Å². The van der Waals surface area contributed by atoms with Gasteiger partial charge in [0, 0.05) is 5.57 Å². The molecule has 1 saturated carbocycles. The maximum atomic E-state index is 11.0. The molecular formula is C13H22O2. The van der Waals surface area contributed by atoms with Crippen molar-refractivity contribution < 1.29 is 9.90 Å². The summed E-state index contributed by atoms with van der Waals surface area (Å²) in [6, 6.07) is 0. The third kappa shape index (κ3) is 3.69. The molecule has 2 unspecified atom stereocenters. The second-order valence-electron chi connectivity index (χ2n) is 5.13. The van der Waals surface area contributed by atoms with Crippen LogP contribution in [0.15, 0.2) is 11.1 Å². The van der Waals surface area contributed by atoms with Crippen molar-refractivity contribution in [1.82, 2.24) is 0 Å². The van der Waals surface area contributed by atoms with Gasteiger partial charge in [-0.15, -0.1) is 0 Å². The molecule has 0 radical (unpaired) electrons. The van der Waals surface area contributed by atoms with E-state index in [1.807, 2.05) is 13.8 Å². The van der Waals surface area contributed by atoms with E-state index < -0.39 is 5.97 Å². The molecule has 0 aromatic rings. The summed E-state index contributed by atoms with van der Waals surface area (Å²) >= 11 is 0. The van der Waals surface area contributed by atoms with E-state index in [0.29, 0.717) is 11.5 Å². The molecule has 0 aromatic heterocycles. The number of allylic oxidation sites excluding steroid dienone is 1. The molecule has 1 rings (SSSR count). The van der Waals surface area contributed by atoms with Crippen molar-refractivity contribution >= 4 is 5.97 Å². The number of carboxylic acids is 1. The Balaban J connectivity index is 2.59. The van der Waals surface area contributed by atoms with Gasteiger partial charge in [-0.3, -0.25) is 0 Å². The first kappa shape index (κ1) is 12.3. The van der Waals surface area contributed by atoms with Crippen molar-refractivity contribution in [2.45, 2.75) is 52.9 Å². The van der Waals surface area contributed by atoms with E-state index in [1.165, 1.54) is 25.7 Å². The molecule has 1 fully saturated rings. The highest BCUT2D eigenvalue weighted by molar-refractivity contribution is 5.87. The van der Waals surface area contributed by atoms with Crippen molar-refractivity contribution in [1.29, 1.82) is 0 Å². The van der Waals surface area contributed by atoms with Crippen LogP contribution in [0.4, 0.5) is 0 Å². The molecule has 2 atom stereocenters. The van der Waals surface area contributed by atoms with Crippen LogP contribution >= 0.6 is 0 Å². The van der Waals surface area contributed by atoms with Gasteiger partial charge in [-0.2, -0.15) is 0 Å². The molecule has 1 aliphatic carbocycles. The predicted octanol–water partition coefficient (Wildman–Crippen LogP) is 3.62. The number of rotatable bonds is 3. The summed E-state index contributed by atoms with van der Waals surface area (Å²) in [6.45, 7) is 6.07. The zero-order chi connectivity index (χ0) is 11.4. The van der Waals surface area contributed by atoms with Gasteiger partial charge in [0.2, 0.25) is 0 Å². The summed E-state index contributed by atoms with van der Waals surface area (Å²) in [5.41, 5.74) is 1.59. The predicted molar refractivity (Wildman–Crippen MR) is 61.7 cm³/mol. The van der Waals surface area contributed by atoms with E-state index in [9.17, 15) is 4.79 Å². The van der Waals surface area contributed by atoms with Crippen LogP contribution in [0.1, 0.15) is 52.9 Å². The Morgan fingerprint density at radius 1 is 1.33 bits per heavy atom. The first-order chi connectivity index (χ1) is 7.00. The number of aliphatic carboxylic acids is 1. The van der Waals surface area contributed by atoms with E-state index in [1.54, 1.807) is 0 Å². The average Bonchev–Trinajstić information content (AvgIpc) is 2.13. The van der Waals surface area contributed by atoms with Gasteiger partial charge < -0.3 is 5.11 Å². The first-order valence-electron chi connectivity index (χ1n) is 5.90. The number of hydrogen-bond donors (Lipinski definition) is 1. The fourth-order valence-electron chi connectivity index (χ4n) is 2.54. The van der Waals surface area contributed by atoms with Crippen molar-refractivity contribution in [3.8, 4) is 0 Å². The third-order valence-electron chi connectivity index (χ3n) is 3.40. The average molecular weight is 210 g/mol. The number of carboxylic acid groups (broad SMARTS) is 1. The molecule has 86 valence electrons. The van der Waals surface area contributed by atoms with E-state index in [-0.39, 0.29) is 0 Å². The quantitative estimate of drug-likeness (QED) is 0.722. The lowest BCUT2D eigenvalue weighted by atomic mass is 9.79. The van der Waals surface area contributed by atoms with Gasteiger partial charge in [0.25, 0.3) is 0 Å². The Kier molecular flexibility index (Phi) is 4.37. The number of hydrogen-bond acceptors (Lipinski definition) is 1. The molecule has 15 heavy (non-hydrogen) atoms. The van der Waals surface area contributed by atoms with E-state index in [0.717, 1.165) is 17.9 Å². The Bertz CT molecular complexity index is 262. The molecule has 0 aromatic carbocycles. The van der Waals surface area contributed by atoms with Crippen molar-refractivity contribution in [3.63, 3.8) is 0 Å². The molecule has 0 heterocycles. The second kappa shape index (κ2) is 5.34. The minimum absolute atomic E-state index is 0.592. The van der Waals surface area contributed by atoms with Crippen molar-refractivity contribution in [2.24, 2.45) is 11.8 Å². The largest absolute Gasteiger partial charge is 0.478 e. The number of carbonyl (C=O) groups is 1. The van der Waals surface area contributed by atoms with E-state index in [2.05, 4.69) is 6.92 Å². The Hall–Kier alpha value is -0.790. The molecule has 0 spiro atoms. The Morgan fingerprint density at radius 2 is 2.00 bits per heavy atom. The van der Waals surface area contributed by atoms with Crippen LogP contribution in [-0.2, 0) is 4.79 Å². The highest BCUT2D eigenvalue weighted by atomic mass is 16.4. The minimum atomic E-state index is -0.728. The molecule has 2 nitrogen and oxygen atoms in total. The lowest BCUT2D eigenvalue weighted by molar-refractivity contribution is -0.133. The summed E-state index contributed by atoms with van der Waals surface area (Å²) in [6.07, 6.45) is 5.75. The first-order valence-corrected chi connectivity index (χ1v) is 5.90. The van der Waals surface area contributed by atoms with Crippen molar-refractivity contribution in [3.05, 3.63) is 11.1 Å².